The van der Waals surface area contributed by atoms with E-state index in [1.54, 1.807) is 0 Å². The fourth-order valence-corrected chi connectivity index (χ4v) is 1.37. The highest BCUT2D eigenvalue weighted by molar-refractivity contribution is 5.33. The third kappa shape index (κ3) is 1.72. The van der Waals surface area contributed by atoms with Crippen molar-refractivity contribution in [3.05, 3.63) is 0 Å². The fourth-order valence-electron chi connectivity index (χ4n) is 1.37. The maximum Gasteiger partial charge on any atom is 0.244 e. The number of nitrogens with two attached hydrogens (primary N) is 1. The van der Waals surface area contributed by atoms with Crippen molar-refractivity contribution in [3.8, 4) is 0 Å². The predicted octanol–water partition coefficient (Wildman–Crippen LogP) is -0.0222. The molecule has 0 aliphatic carbocycles. The summed E-state index contributed by atoms with van der Waals surface area (Å²) < 4.78 is 5.28. The van der Waals surface area contributed by atoms with Crippen LogP contribution in [0.5, 0.6) is 0 Å². The number of aromatic amines is 1. The van der Waals surface area contributed by atoms with Gasteiger partial charge in [0.15, 0.2) is 0 Å². The SMILES string of the molecule is CC1(Nc2n[nH]c(N)n2)CCOC1. The van der Waals surface area contributed by atoms with Crippen molar-refractivity contribution in [3.63, 3.8) is 0 Å². The van der Waals surface area contributed by atoms with E-state index < -0.39 is 0 Å². The van der Waals surface area contributed by atoms with Gasteiger partial charge in [0, 0.05) is 6.61 Å². The van der Waals surface area contributed by atoms with Crippen molar-refractivity contribution in [2.45, 2.75) is 18.9 Å². The first-order valence-electron chi connectivity index (χ1n) is 4.22. The molecule has 6 nitrogen and oxygen atoms in total. The standard InChI is InChI=1S/C7H13N5O/c1-7(2-3-13-4-7)10-6-9-5(8)11-12-6/h2-4H2,1H3,(H4,8,9,10,11,12). The monoisotopic (exact) mass is 183 g/mol. The molecule has 0 saturated carbocycles. The molecule has 1 saturated heterocycles. The zero-order valence-corrected chi connectivity index (χ0v) is 7.50. The molecule has 4 N–H and O–H groups in total. The molecule has 1 aliphatic rings. The van der Waals surface area contributed by atoms with Gasteiger partial charge in [-0.15, -0.1) is 5.10 Å². The van der Waals surface area contributed by atoms with E-state index >= 15 is 0 Å². The first kappa shape index (κ1) is 8.31. The van der Waals surface area contributed by atoms with E-state index in [2.05, 4.69) is 27.4 Å². The quantitative estimate of drug-likeness (QED) is 0.599. The summed E-state index contributed by atoms with van der Waals surface area (Å²) in [7, 11) is 0. The Morgan fingerprint density at radius 1 is 1.69 bits per heavy atom. The Kier molecular flexibility index (Phi) is 1.84. The molecule has 0 radical (unpaired) electrons. The Bertz CT molecular complexity index is 291. The lowest BCUT2D eigenvalue weighted by molar-refractivity contribution is 0.185. The van der Waals surface area contributed by atoms with Crippen molar-refractivity contribution in [1.29, 1.82) is 0 Å². The minimum absolute atomic E-state index is 0.0609. The Labute approximate surface area is 75.9 Å². The second-order valence-corrected chi connectivity index (χ2v) is 3.53. The number of H-pyrrole nitrogens is 1. The molecule has 1 aromatic rings. The van der Waals surface area contributed by atoms with Crippen molar-refractivity contribution >= 4 is 11.9 Å². The molecule has 0 spiro atoms. The van der Waals surface area contributed by atoms with Crippen LogP contribution in [-0.2, 0) is 4.74 Å². The lowest BCUT2D eigenvalue weighted by Crippen LogP contribution is -2.35. The number of aromatic nitrogens is 3. The largest absolute Gasteiger partial charge is 0.379 e. The summed E-state index contributed by atoms with van der Waals surface area (Å²) in [6, 6.07) is 0. The van der Waals surface area contributed by atoms with Crippen molar-refractivity contribution in [2.24, 2.45) is 0 Å². The molecule has 2 rings (SSSR count). The Hall–Kier alpha value is -1.30. The molecule has 1 aliphatic heterocycles. The van der Waals surface area contributed by atoms with Crippen molar-refractivity contribution < 1.29 is 4.74 Å². The van der Waals surface area contributed by atoms with Crippen LogP contribution in [0.1, 0.15) is 13.3 Å². The molecule has 13 heavy (non-hydrogen) atoms. The van der Waals surface area contributed by atoms with Gasteiger partial charge in [0.05, 0.1) is 12.1 Å². The second kappa shape index (κ2) is 2.88. The molecule has 0 aromatic carbocycles. The number of nitrogens with zero attached hydrogens (tertiary/aromatic N) is 2. The number of ether oxygens (including phenoxy) is 1. The van der Waals surface area contributed by atoms with Crippen LogP contribution >= 0.6 is 0 Å². The Morgan fingerprint density at radius 3 is 3.08 bits per heavy atom. The van der Waals surface area contributed by atoms with E-state index in [1.165, 1.54) is 0 Å². The highest BCUT2D eigenvalue weighted by Crippen LogP contribution is 2.21. The van der Waals surface area contributed by atoms with Gasteiger partial charge in [-0.25, -0.2) is 5.10 Å². The summed E-state index contributed by atoms with van der Waals surface area (Å²) in [6.45, 7) is 3.54. The predicted molar refractivity (Wildman–Crippen MR) is 48.3 cm³/mol. The molecule has 1 fully saturated rings. The minimum atomic E-state index is -0.0609. The average molecular weight is 183 g/mol. The first-order chi connectivity index (χ1) is 6.18. The molecule has 1 unspecified atom stereocenters. The molecule has 0 bridgehead atoms. The maximum atomic E-state index is 5.40. The van der Waals surface area contributed by atoms with Crippen LogP contribution in [0, 0.1) is 0 Å². The number of hydrogen-bond acceptors (Lipinski definition) is 5. The summed E-state index contributed by atoms with van der Waals surface area (Å²) in [4.78, 5) is 3.96. The van der Waals surface area contributed by atoms with Crippen LogP contribution in [0.4, 0.5) is 11.9 Å². The van der Waals surface area contributed by atoms with Gasteiger partial charge in [-0.3, -0.25) is 0 Å². The van der Waals surface area contributed by atoms with Gasteiger partial charge in [-0.05, 0) is 13.3 Å². The normalized spacial score (nSPS) is 27.8. The van der Waals surface area contributed by atoms with E-state index in [9.17, 15) is 0 Å². The lowest BCUT2D eigenvalue weighted by atomic mass is 10.0. The average Bonchev–Trinajstić information content (AvgIpc) is 2.62. The first-order valence-corrected chi connectivity index (χ1v) is 4.22. The Morgan fingerprint density at radius 2 is 2.54 bits per heavy atom. The summed E-state index contributed by atoms with van der Waals surface area (Å²) in [5, 5.41) is 9.65. The van der Waals surface area contributed by atoms with Crippen LogP contribution in [0.2, 0.25) is 0 Å². The van der Waals surface area contributed by atoms with Gasteiger partial charge in [0.25, 0.3) is 0 Å². The van der Waals surface area contributed by atoms with Crippen LogP contribution in [-0.4, -0.2) is 33.9 Å². The van der Waals surface area contributed by atoms with E-state index in [0.29, 0.717) is 18.5 Å². The van der Waals surface area contributed by atoms with Gasteiger partial charge in [0.1, 0.15) is 0 Å². The van der Waals surface area contributed by atoms with Crippen LogP contribution < -0.4 is 11.1 Å². The van der Waals surface area contributed by atoms with Crippen molar-refractivity contribution in [1.82, 2.24) is 15.2 Å². The number of anilines is 2. The van der Waals surface area contributed by atoms with Gasteiger partial charge in [-0.1, -0.05) is 0 Å². The van der Waals surface area contributed by atoms with Crippen molar-refractivity contribution in [2.75, 3.05) is 24.3 Å². The fraction of sp³-hybridized carbons (Fsp3) is 0.714. The van der Waals surface area contributed by atoms with E-state index in [4.69, 9.17) is 10.5 Å². The minimum Gasteiger partial charge on any atom is -0.379 e. The third-order valence-electron chi connectivity index (χ3n) is 2.14. The number of rotatable bonds is 2. The third-order valence-corrected chi connectivity index (χ3v) is 2.14. The maximum absolute atomic E-state index is 5.40. The lowest BCUT2D eigenvalue weighted by Gasteiger charge is -2.21. The Balaban J connectivity index is 2.04. The molecule has 2 heterocycles. The molecule has 1 aromatic heterocycles. The molecular formula is C7H13N5O. The highest BCUT2D eigenvalue weighted by Gasteiger charge is 2.30. The molecule has 1 atom stereocenters. The second-order valence-electron chi connectivity index (χ2n) is 3.53. The van der Waals surface area contributed by atoms with E-state index in [0.717, 1.165) is 13.0 Å². The molecular weight excluding hydrogens is 170 g/mol. The smallest absolute Gasteiger partial charge is 0.244 e. The zero-order valence-electron chi connectivity index (χ0n) is 7.50. The number of nitrogen functional groups attached to an aromatic ring is 1. The van der Waals surface area contributed by atoms with Crippen LogP contribution in [0.25, 0.3) is 0 Å². The summed E-state index contributed by atoms with van der Waals surface area (Å²) in [5.74, 6) is 0.857. The van der Waals surface area contributed by atoms with Gasteiger partial charge in [0.2, 0.25) is 11.9 Å². The van der Waals surface area contributed by atoms with E-state index in [-0.39, 0.29) is 5.54 Å². The summed E-state index contributed by atoms with van der Waals surface area (Å²) in [5.41, 5.74) is 5.33. The zero-order chi connectivity index (χ0) is 9.31. The van der Waals surface area contributed by atoms with Crippen LogP contribution in [0.15, 0.2) is 0 Å². The number of hydrogen-bond donors (Lipinski definition) is 3. The highest BCUT2D eigenvalue weighted by atomic mass is 16.5. The van der Waals surface area contributed by atoms with E-state index in [1.807, 2.05) is 0 Å². The van der Waals surface area contributed by atoms with Gasteiger partial charge >= 0.3 is 0 Å². The summed E-state index contributed by atoms with van der Waals surface area (Å²) >= 11 is 0. The molecule has 0 amide bonds. The summed E-state index contributed by atoms with van der Waals surface area (Å²) in [6.07, 6.45) is 0.960. The van der Waals surface area contributed by atoms with Crippen LogP contribution in [0.3, 0.4) is 0 Å². The van der Waals surface area contributed by atoms with Gasteiger partial charge < -0.3 is 15.8 Å². The topological polar surface area (TPSA) is 88.9 Å². The molecule has 72 valence electrons. The number of nitrogens with one attached hydrogen (secondary N) is 2. The molecule has 6 heteroatoms. The van der Waals surface area contributed by atoms with Gasteiger partial charge in [-0.2, -0.15) is 4.98 Å².